The largest absolute Gasteiger partial charge is 0.372 e. The van der Waals surface area contributed by atoms with Crippen LogP contribution >= 0.6 is 0 Å². The number of hydrogen-bond donors (Lipinski definition) is 1. The van der Waals surface area contributed by atoms with E-state index in [1.165, 1.54) is 0 Å². The van der Waals surface area contributed by atoms with Gasteiger partial charge in [0.15, 0.2) is 6.17 Å². The molecule has 1 aliphatic rings. The molecule has 0 amide bonds. The van der Waals surface area contributed by atoms with Crippen molar-refractivity contribution in [1.29, 1.82) is 0 Å². The predicted molar refractivity (Wildman–Crippen MR) is 58.1 cm³/mol. The second-order valence-electron chi connectivity index (χ2n) is 3.87. The molecule has 82 valence electrons. The van der Waals surface area contributed by atoms with E-state index < -0.39 is 6.17 Å². The van der Waals surface area contributed by atoms with E-state index in [-0.39, 0.29) is 18.8 Å². The van der Waals surface area contributed by atoms with E-state index in [0.29, 0.717) is 22.0 Å². The quantitative estimate of drug-likeness (QED) is 0.737. The first-order valence-electron chi connectivity index (χ1n) is 5.13. The Balaban J connectivity index is 2.45. The molecule has 1 atom stereocenters. The van der Waals surface area contributed by atoms with Gasteiger partial charge in [0.1, 0.15) is 0 Å². The summed E-state index contributed by atoms with van der Waals surface area (Å²) in [4.78, 5) is 14.4. The molecule has 0 radical (unpaired) electrons. The third-order valence-electron chi connectivity index (χ3n) is 2.88. The summed E-state index contributed by atoms with van der Waals surface area (Å²) in [6, 6.07) is 7.07. The molecule has 0 spiro atoms. The zero-order chi connectivity index (χ0) is 11.1. The molecular weight excluding hydrogens is 209 g/mol. The van der Waals surface area contributed by atoms with Gasteiger partial charge in [-0.3, -0.25) is 4.79 Å². The average Bonchev–Trinajstić information content (AvgIpc) is 2.29. The lowest BCUT2D eigenvalue weighted by Gasteiger charge is -2.21. The number of pyridine rings is 1. The minimum Gasteiger partial charge on any atom is -0.372 e. The fourth-order valence-corrected chi connectivity index (χ4v) is 2.17. The van der Waals surface area contributed by atoms with Crippen LogP contribution in [0.15, 0.2) is 29.1 Å². The minimum absolute atomic E-state index is 0.0586. The lowest BCUT2D eigenvalue weighted by Crippen LogP contribution is -2.20. The van der Waals surface area contributed by atoms with Crippen molar-refractivity contribution in [1.82, 2.24) is 4.98 Å². The highest BCUT2D eigenvalue weighted by Crippen LogP contribution is 2.31. The Morgan fingerprint density at radius 3 is 2.88 bits per heavy atom. The molecule has 0 aliphatic carbocycles. The van der Waals surface area contributed by atoms with Gasteiger partial charge in [-0.25, -0.2) is 4.39 Å². The van der Waals surface area contributed by atoms with E-state index in [2.05, 4.69) is 4.98 Å². The van der Waals surface area contributed by atoms with Crippen LogP contribution in [-0.2, 0) is 11.3 Å². The average molecular weight is 219 g/mol. The molecule has 2 heterocycles. The van der Waals surface area contributed by atoms with Gasteiger partial charge in [-0.15, -0.1) is 0 Å². The monoisotopic (exact) mass is 219 g/mol. The van der Waals surface area contributed by atoms with E-state index in [9.17, 15) is 9.18 Å². The zero-order valence-electron chi connectivity index (χ0n) is 8.50. The van der Waals surface area contributed by atoms with Gasteiger partial charge in [0.2, 0.25) is 0 Å². The molecule has 2 aromatic rings. The summed E-state index contributed by atoms with van der Waals surface area (Å²) in [5, 5.41) is 1.22. The van der Waals surface area contributed by atoms with Crippen molar-refractivity contribution in [2.45, 2.75) is 12.8 Å². The standard InChI is InChI=1S/C12H10FNO2/c13-9-5-16-6-10-11(9)7-3-1-2-4-8(7)12(15)14-10/h1-4,9H,5-6H2,(H,14,15). The summed E-state index contributed by atoms with van der Waals surface area (Å²) in [5.74, 6) is 0. The van der Waals surface area contributed by atoms with Crippen LogP contribution in [-0.4, -0.2) is 11.6 Å². The third-order valence-corrected chi connectivity index (χ3v) is 2.88. The summed E-state index contributed by atoms with van der Waals surface area (Å²) in [6.07, 6.45) is -1.16. The number of fused-ring (bicyclic) bond motifs is 3. The molecule has 1 aromatic heterocycles. The Hall–Kier alpha value is -1.68. The highest BCUT2D eigenvalue weighted by molar-refractivity contribution is 5.85. The molecule has 1 unspecified atom stereocenters. The molecule has 0 fully saturated rings. The number of ether oxygens (including phenoxy) is 1. The molecule has 0 saturated heterocycles. The Bertz CT molecular complexity index is 605. The summed E-state index contributed by atoms with van der Waals surface area (Å²) in [6.45, 7) is 0.332. The molecule has 1 aromatic carbocycles. The van der Waals surface area contributed by atoms with E-state index in [4.69, 9.17) is 4.74 Å². The van der Waals surface area contributed by atoms with Crippen molar-refractivity contribution < 1.29 is 9.13 Å². The lowest BCUT2D eigenvalue weighted by molar-refractivity contribution is 0.0493. The Morgan fingerprint density at radius 1 is 1.31 bits per heavy atom. The Kier molecular flexibility index (Phi) is 2.04. The van der Waals surface area contributed by atoms with Crippen LogP contribution in [0.5, 0.6) is 0 Å². The molecule has 3 nitrogen and oxygen atoms in total. The van der Waals surface area contributed by atoms with Crippen LogP contribution in [0.4, 0.5) is 4.39 Å². The number of nitrogens with one attached hydrogen (secondary N) is 1. The van der Waals surface area contributed by atoms with Gasteiger partial charge in [0, 0.05) is 10.9 Å². The molecule has 3 rings (SSSR count). The second kappa shape index (κ2) is 3.42. The van der Waals surface area contributed by atoms with Crippen molar-refractivity contribution in [3.63, 3.8) is 0 Å². The first kappa shape index (κ1) is 9.54. The van der Waals surface area contributed by atoms with Crippen molar-refractivity contribution in [2.75, 3.05) is 6.61 Å². The first-order chi connectivity index (χ1) is 7.77. The Labute approximate surface area is 90.9 Å². The number of benzene rings is 1. The highest BCUT2D eigenvalue weighted by Gasteiger charge is 2.23. The fourth-order valence-electron chi connectivity index (χ4n) is 2.17. The summed E-state index contributed by atoms with van der Waals surface area (Å²) < 4.78 is 18.9. The van der Waals surface area contributed by atoms with Gasteiger partial charge in [0.25, 0.3) is 5.56 Å². The SMILES string of the molecule is O=c1[nH]c2c(c3ccccc13)C(F)COC2. The second-order valence-corrected chi connectivity index (χ2v) is 3.87. The van der Waals surface area contributed by atoms with Crippen LogP contribution in [0, 0.1) is 0 Å². The molecule has 0 saturated carbocycles. The van der Waals surface area contributed by atoms with Gasteiger partial charge >= 0.3 is 0 Å². The minimum atomic E-state index is -1.16. The third kappa shape index (κ3) is 1.27. The van der Waals surface area contributed by atoms with Gasteiger partial charge in [-0.2, -0.15) is 0 Å². The Morgan fingerprint density at radius 2 is 2.06 bits per heavy atom. The number of rotatable bonds is 0. The number of aromatic nitrogens is 1. The van der Waals surface area contributed by atoms with Crippen LogP contribution in [0.3, 0.4) is 0 Å². The molecule has 4 heteroatoms. The zero-order valence-corrected chi connectivity index (χ0v) is 8.50. The van der Waals surface area contributed by atoms with Crippen LogP contribution in [0.2, 0.25) is 0 Å². The van der Waals surface area contributed by atoms with Crippen LogP contribution in [0.1, 0.15) is 17.4 Å². The van der Waals surface area contributed by atoms with Crippen LogP contribution < -0.4 is 5.56 Å². The van der Waals surface area contributed by atoms with Gasteiger partial charge in [0.05, 0.1) is 18.9 Å². The number of hydrogen-bond acceptors (Lipinski definition) is 2. The van der Waals surface area contributed by atoms with Gasteiger partial charge < -0.3 is 9.72 Å². The van der Waals surface area contributed by atoms with Crippen molar-refractivity contribution >= 4 is 10.8 Å². The van der Waals surface area contributed by atoms with E-state index in [1.807, 2.05) is 6.07 Å². The van der Waals surface area contributed by atoms with Crippen LogP contribution in [0.25, 0.3) is 10.8 Å². The summed E-state index contributed by atoms with van der Waals surface area (Å²) in [7, 11) is 0. The van der Waals surface area contributed by atoms with Crippen molar-refractivity contribution in [3.05, 3.63) is 45.9 Å². The number of aromatic amines is 1. The first-order valence-corrected chi connectivity index (χ1v) is 5.13. The maximum atomic E-state index is 13.8. The molecule has 0 bridgehead atoms. The molecular formula is C12H10FNO2. The number of H-pyrrole nitrogens is 1. The summed E-state index contributed by atoms with van der Waals surface area (Å²) >= 11 is 0. The van der Waals surface area contributed by atoms with Crippen molar-refractivity contribution in [3.8, 4) is 0 Å². The van der Waals surface area contributed by atoms with E-state index >= 15 is 0 Å². The van der Waals surface area contributed by atoms with Crippen molar-refractivity contribution in [2.24, 2.45) is 0 Å². The number of halogens is 1. The lowest BCUT2D eigenvalue weighted by atomic mass is 9.99. The molecule has 1 N–H and O–H groups in total. The normalized spacial score (nSPS) is 19.7. The topological polar surface area (TPSA) is 42.1 Å². The maximum absolute atomic E-state index is 13.8. The maximum Gasteiger partial charge on any atom is 0.256 e. The smallest absolute Gasteiger partial charge is 0.256 e. The predicted octanol–water partition coefficient (Wildman–Crippen LogP) is 2.07. The summed E-state index contributed by atoms with van der Waals surface area (Å²) in [5.41, 5.74) is 0.941. The highest BCUT2D eigenvalue weighted by atomic mass is 19.1. The molecule has 16 heavy (non-hydrogen) atoms. The molecule has 1 aliphatic heterocycles. The number of alkyl halides is 1. The van der Waals surface area contributed by atoms with Gasteiger partial charge in [-0.1, -0.05) is 18.2 Å². The van der Waals surface area contributed by atoms with E-state index in [1.54, 1.807) is 18.2 Å². The van der Waals surface area contributed by atoms with Gasteiger partial charge in [-0.05, 0) is 11.5 Å². The fraction of sp³-hybridized carbons (Fsp3) is 0.250. The van der Waals surface area contributed by atoms with E-state index in [0.717, 1.165) is 0 Å².